The maximum Gasteiger partial charge on any atom is 0.472 e. The van der Waals surface area contributed by atoms with Crippen molar-refractivity contribution >= 4 is 39.5 Å². The predicted molar refractivity (Wildman–Crippen MR) is 409 cm³/mol. The summed E-state index contributed by atoms with van der Waals surface area (Å²) in [7, 11) is -9.95. The molecule has 17 nitrogen and oxygen atoms in total. The third kappa shape index (κ3) is 72.6. The number of carbonyl (C=O) groups is 4. The molecule has 0 aliphatic carbocycles. The Balaban J connectivity index is 5.34. The molecule has 0 saturated carbocycles. The van der Waals surface area contributed by atoms with Crippen LogP contribution < -0.4 is 0 Å². The van der Waals surface area contributed by atoms with Gasteiger partial charge >= 0.3 is 39.5 Å². The number of hydrogen-bond acceptors (Lipinski definition) is 15. The van der Waals surface area contributed by atoms with Gasteiger partial charge in [0.05, 0.1) is 26.4 Å². The number of esters is 4. The maximum absolute atomic E-state index is 13.1. The van der Waals surface area contributed by atoms with Crippen LogP contribution in [0.1, 0.15) is 349 Å². The fourth-order valence-corrected chi connectivity index (χ4v) is 12.3. The highest BCUT2D eigenvalue weighted by molar-refractivity contribution is 7.47. The Labute approximate surface area is 608 Å². The molecule has 5 unspecified atom stereocenters. The number of carbonyl (C=O) groups excluding carboxylic acids is 4. The van der Waals surface area contributed by atoms with Gasteiger partial charge in [-0.15, -0.1) is 0 Å². The second-order valence-electron chi connectivity index (χ2n) is 26.6. The normalized spacial score (nSPS) is 14.3. The monoisotopic (exact) mass is 1450 g/mol. The van der Waals surface area contributed by atoms with E-state index in [2.05, 4.69) is 113 Å². The van der Waals surface area contributed by atoms with Crippen molar-refractivity contribution in [2.24, 2.45) is 0 Å². The smallest absolute Gasteiger partial charge is 0.462 e. The quantitative estimate of drug-likeness (QED) is 0.0169. The molecule has 5 atom stereocenters. The van der Waals surface area contributed by atoms with E-state index in [4.69, 9.17) is 37.0 Å². The van der Waals surface area contributed by atoms with Crippen LogP contribution in [0.15, 0.2) is 85.1 Å². The van der Waals surface area contributed by atoms with Crippen molar-refractivity contribution in [1.29, 1.82) is 0 Å². The van der Waals surface area contributed by atoms with E-state index in [9.17, 15) is 43.2 Å². The first-order valence-corrected chi connectivity index (χ1v) is 42.8. The summed E-state index contributed by atoms with van der Waals surface area (Å²) < 4.78 is 68.5. The van der Waals surface area contributed by atoms with Gasteiger partial charge in [-0.3, -0.25) is 37.3 Å². The van der Waals surface area contributed by atoms with Gasteiger partial charge in [0.2, 0.25) is 0 Å². The first-order valence-electron chi connectivity index (χ1n) is 39.8. The van der Waals surface area contributed by atoms with Gasteiger partial charge in [-0.1, -0.05) is 286 Å². The molecular weight excluding hydrogens is 1310 g/mol. The molecule has 0 spiro atoms. The van der Waals surface area contributed by atoms with Crippen LogP contribution in [0.4, 0.5) is 0 Å². The summed E-state index contributed by atoms with van der Waals surface area (Å²) in [6.45, 7) is 4.72. The fourth-order valence-electron chi connectivity index (χ4n) is 10.8. The Hall–Kier alpha value is -3.76. The van der Waals surface area contributed by atoms with Crippen molar-refractivity contribution in [2.45, 2.75) is 367 Å². The molecule has 580 valence electrons. The van der Waals surface area contributed by atoms with Crippen molar-refractivity contribution < 1.29 is 80.2 Å². The number of ether oxygens (including phenoxy) is 4. The van der Waals surface area contributed by atoms with Gasteiger partial charge in [-0.05, 0) is 122 Å². The van der Waals surface area contributed by atoms with E-state index in [1.165, 1.54) is 122 Å². The van der Waals surface area contributed by atoms with Gasteiger partial charge < -0.3 is 33.8 Å². The SMILES string of the molecule is CC/C=C\C/C=C\C/C=C\C/C=C\C/C=C\CCCCCC(=O)OCC(COP(=O)(O)OCC(O)COP(=O)(O)OCC(COC(=O)CCCCCCCCCCCCCCCCC)OC(=O)CCCCCCC/C=C\CCCCCC)OC(=O)CCCCCCC/C=C\CCCCCC. The minimum absolute atomic E-state index is 0.0782. The van der Waals surface area contributed by atoms with Gasteiger partial charge in [0.15, 0.2) is 12.2 Å². The van der Waals surface area contributed by atoms with Crippen molar-refractivity contribution in [3.05, 3.63) is 85.1 Å². The molecule has 0 radical (unpaired) electrons. The zero-order chi connectivity index (χ0) is 73.2. The lowest BCUT2D eigenvalue weighted by Crippen LogP contribution is -2.30. The van der Waals surface area contributed by atoms with Crippen LogP contribution in [0.3, 0.4) is 0 Å². The van der Waals surface area contributed by atoms with Crippen LogP contribution in [0.2, 0.25) is 0 Å². The standard InChI is InChI=1S/C81H144O17P2/c1-5-9-13-17-21-25-29-33-35-36-37-38-40-44-46-50-54-58-62-66-79(84)92-72-77(98-81(86)68-64-60-56-52-48-42-32-28-24-20-16-12-8-4)74-96-100(89,90)94-70-75(82)69-93-99(87,88)95-73-76(97-80(85)67-63-59-55-51-47-41-31-27-23-19-15-11-7-3)71-91-78(83)65-61-57-53-49-45-43-39-34-30-26-22-18-14-10-6-2/h9,13,21,25,27-28,31-33,35,37-38,44,46,75-77,82H,5-8,10-12,14-20,22-24,26,29-30,34,36,39-43,45,47-74H2,1-4H3,(H,87,88)(H,89,90)/b13-9-,25-21-,31-27-,32-28-,35-33-,38-37-,46-44-. The number of hydrogen-bond donors (Lipinski definition) is 3. The number of rotatable bonds is 75. The third-order valence-electron chi connectivity index (χ3n) is 16.8. The van der Waals surface area contributed by atoms with E-state index in [1.54, 1.807) is 0 Å². The van der Waals surface area contributed by atoms with Gasteiger partial charge in [-0.2, -0.15) is 0 Å². The summed E-state index contributed by atoms with van der Waals surface area (Å²) >= 11 is 0. The Morgan fingerprint density at radius 3 is 0.830 bits per heavy atom. The van der Waals surface area contributed by atoms with Gasteiger partial charge in [0.25, 0.3) is 0 Å². The second kappa shape index (κ2) is 73.5. The van der Waals surface area contributed by atoms with Crippen LogP contribution in [0, 0.1) is 0 Å². The molecule has 100 heavy (non-hydrogen) atoms. The largest absolute Gasteiger partial charge is 0.472 e. The zero-order valence-corrected chi connectivity index (χ0v) is 65.2. The number of unbranched alkanes of at least 4 members (excludes halogenated alkanes) is 35. The lowest BCUT2D eigenvalue weighted by atomic mass is 10.0. The minimum Gasteiger partial charge on any atom is -0.462 e. The highest BCUT2D eigenvalue weighted by atomic mass is 31.2. The van der Waals surface area contributed by atoms with Crippen LogP contribution >= 0.6 is 15.6 Å². The Kier molecular flexibility index (Phi) is 70.8. The lowest BCUT2D eigenvalue weighted by Gasteiger charge is -2.21. The first-order chi connectivity index (χ1) is 48.7. The molecule has 0 aromatic heterocycles. The van der Waals surface area contributed by atoms with Crippen molar-refractivity contribution in [2.75, 3.05) is 39.6 Å². The second-order valence-corrected chi connectivity index (χ2v) is 29.5. The van der Waals surface area contributed by atoms with E-state index in [1.807, 2.05) is 0 Å². The molecule has 0 aliphatic rings. The molecule has 0 rings (SSSR count). The van der Waals surface area contributed by atoms with Crippen LogP contribution in [0.5, 0.6) is 0 Å². The summed E-state index contributed by atoms with van der Waals surface area (Å²) in [5.74, 6) is -2.21. The Morgan fingerprint density at radius 2 is 0.520 bits per heavy atom. The van der Waals surface area contributed by atoms with Gasteiger partial charge in [0, 0.05) is 25.7 Å². The molecule has 3 N–H and O–H groups in total. The van der Waals surface area contributed by atoms with E-state index in [0.29, 0.717) is 25.7 Å². The average Bonchev–Trinajstić information content (AvgIpc) is 0.935. The fraction of sp³-hybridized carbons (Fsp3) is 0.778. The molecule has 0 saturated heterocycles. The number of allylic oxidation sites excluding steroid dienone is 14. The molecule has 0 aromatic carbocycles. The molecule has 0 amide bonds. The van der Waals surface area contributed by atoms with E-state index in [-0.39, 0.29) is 25.7 Å². The summed E-state index contributed by atoms with van der Waals surface area (Å²) in [6.07, 6.45) is 75.6. The highest BCUT2D eigenvalue weighted by Gasteiger charge is 2.30. The zero-order valence-electron chi connectivity index (χ0n) is 63.4. The van der Waals surface area contributed by atoms with Gasteiger partial charge in [0.1, 0.15) is 19.3 Å². The average molecular weight is 1450 g/mol. The topological polar surface area (TPSA) is 237 Å². The molecule has 0 aromatic rings. The predicted octanol–water partition coefficient (Wildman–Crippen LogP) is 23.0. The van der Waals surface area contributed by atoms with Gasteiger partial charge in [-0.25, -0.2) is 9.13 Å². The summed E-state index contributed by atoms with van der Waals surface area (Å²) in [5, 5.41) is 10.6. The summed E-state index contributed by atoms with van der Waals surface area (Å²) in [6, 6.07) is 0. The van der Waals surface area contributed by atoms with E-state index < -0.39 is 97.5 Å². The Morgan fingerprint density at radius 1 is 0.290 bits per heavy atom. The molecule has 19 heteroatoms. The first kappa shape index (κ1) is 96.2. The molecular formula is C81H144O17P2. The van der Waals surface area contributed by atoms with Crippen LogP contribution in [-0.2, 0) is 65.4 Å². The highest BCUT2D eigenvalue weighted by Crippen LogP contribution is 2.45. The summed E-state index contributed by atoms with van der Waals surface area (Å²) in [5.41, 5.74) is 0. The third-order valence-corrected chi connectivity index (χ3v) is 18.7. The lowest BCUT2D eigenvalue weighted by molar-refractivity contribution is -0.161. The molecule has 0 aliphatic heterocycles. The Bertz CT molecular complexity index is 2230. The van der Waals surface area contributed by atoms with E-state index in [0.717, 1.165) is 148 Å². The van der Waals surface area contributed by atoms with E-state index >= 15 is 0 Å². The number of phosphoric ester groups is 2. The number of aliphatic hydroxyl groups is 1. The van der Waals surface area contributed by atoms with Crippen molar-refractivity contribution in [3.63, 3.8) is 0 Å². The molecule has 0 bridgehead atoms. The number of aliphatic hydroxyl groups excluding tert-OH is 1. The minimum atomic E-state index is -4.98. The number of phosphoric acid groups is 2. The summed E-state index contributed by atoms with van der Waals surface area (Å²) in [4.78, 5) is 72.9. The van der Waals surface area contributed by atoms with Crippen LogP contribution in [-0.4, -0.2) is 96.7 Å². The van der Waals surface area contributed by atoms with Crippen LogP contribution in [0.25, 0.3) is 0 Å². The molecule has 0 heterocycles. The maximum atomic E-state index is 13.1. The molecule has 0 fully saturated rings. The van der Waals surface area contributed by atoms with Crippen molar-refractivity contribution in [1.82, 2.24) is 0 Å². The van der Waals surface area contributed by atoms with Crippen molar-refractivity contribution in [3.8, 4) is 0 Å².